The third kappa shape index (κ3) is 4.72. The molecule has 0 saturated carbocycles. The number of methoxy groups -OCH3 is 1. The molecule has 0 saturated heterocycles. The van der Waals surface area contributed by atoms with Crippen molar-refractivity contribution in [2.45, 2.75) is 51.4 Å². The Kier molecular flexibility index (Phi) is 6.74. The van der Waals surface area contributed by atoms with Crippen LogP contribution in [0.15, 0.2) is 58.9 Å². The van der Waals surface area contributed by atoms with Crippen LogP contribution in [0.25, 0.3) is 0 Å². The molecule has 1 aliphatic heterocycles. The molecule has 1 unspecified atom stereocenters. The zero-order valence-electron chi connectivity index (χ0n) is 20.8. The highest BCUT2D eigenvalue weighted by atomic mass is 35.5. The van der Waals surface area contributed by atoms with E-state index in [0.29, 0.717) is 40.7 Å². The van der Waals surface area contributed by atoms with Crippen molar-refractivity contribution >= 4 is 35.1 Å². The minimum atomic E-state index is -0.398. The van der Waals surface area contributed by atoms with Crippen LogP contribution in [0.5, 0.6) is 11.5 Å². The van der Waals surface area contributed by atoms with E-state index >= 15 is 0 Å². The highest BCUT2D eigenvalue weighted by Crippen LogP contribution is 2.46. The molecule has 9 heteroatoms. The number of rotatable bonds is 7. The van der Waals surface area contributed by atoms with E-state index in [1.807, 2.05) is 47.1 Å². The van der Waals surface area contributed by atoms with Crippen molar-refractivity contribution in [2.24, 2.45) is 5.41 Å². The molecule has 0 radical (unpaired) electrons. The van der Waals surface area contributed by atoms with E-state index in [9.17, 15) is 4.79 Å². The van der Waals surface area contributed by atoms with Crippen LogP contribution in [0.1, 0.15) is 50.8 Å². The smallest absolute Gasteiger partial charge is 0.227 e. The van der Waals surface area contributed by atoms with Crippen molar-refractivity contribution in [3.63, 3.8) is 0 Å². The van der Waals surface area contributed by atoms with Gasteiger partial charge in [-0.05, 0) is 41.4 Å². The van der Waals surface area contributed by atoms with Gasteiger partial charge in [-0.3, -0.25) is 4.79 Å². The lowest BCUT2D eigenvalue weighted by atomic mass is 9.73. The first-order valence-corrected chi connectivity index (χ1v) is 13.3. The fourth-order valence-corrected chi connectivity index (χ4v) is 5.58. The van der Waals surface area contributed by atoms with Gasteiger partial charge in [0.1, 0.15) is 12.6 Å². The summed E-state index contributed by atoms with van der Waals surface area (Å²) >= 11 is 7.86. The number of carbonyl (C=O) groups excluding carboxylic acids is 1. The van der Waals surface area contributed by atoms with Gasteiger partial charge in [0.15, 0.2) is 17.3 Å². The summed E-state index contributed by atoms with van der Waals surface area (Å²) in [7, 11) is 1.61. The first-order chi connectivity index (χ1) is 17.3. The second kappa shape index (κ2) is 9.82. The average Bonchev–Trinajstić information content (AvgIpc) is 3.23. The molecule has 0 amide bonds. The second-order valence-electron chi connectivity index (χ2n) is 9.75. The summed E-state index contributed by atoms with van der Waals surface area (Å²) in [6.07, 6.45) is 1.25. The molecule has 1 atom stereocenters. The van der Waals surface area contributed by atoms with E-state index in [1.165, 1.54) is 0 Å². The van der Waals surface area contributed by atoms with Gasteiger partial charge in [0.05, 0.1) is 7.11 Å². The lowest BCUT2D eigenvalue weighted by Gasteiger charge is -2.38. The summed E-state index contributed by atoms with van der Waals surface area (Å²) in [4.78, 5) is 18.2. The number of nitrogens with one attached hydrogen (secondary N) is 1. The number of ketones is 1. The average molecular weight is 525 g/mol. The molecule has 2 aromatic carbocycles. The number of benzene rings is 2. The monoisotopic (exact) mass is 524 g/mol. The number of nitrogens with zero attached hydrogens (tertiary/aromatic N) is 3. The lowest BCUT2D eigenvalue weighted by molar-refractivity contribution is -0.118. The summed E-state index contributed by atoms with van der Waals surface area (Å²) in [6, 6.07) is 13.0. The van der Waals surface area contributed by atoms with Crippen molar-refractivity contribution in [1.29, 1.82) is 0 Å². The molecule has 0 bridgehead atoms. The molecule has 2 aliphatic rings. The normalized spacial score (nSPS) is 18.4. The molecule has 36 heavy (non-hydrogen) atoms. The van der Waals surface area contributed by atoms with Crippen LogP contribution in [-0.2, 0) is 11.4 Å². The number of anilines is 1. The third-order valence-electron chi connectivity index (χ3n) is 6.43. The Morgan fingerprint density at radius 2 is 2.00 bits per heavy atom. The number of ether oxygens (including phenoxy) is 2. The Morgan fingerprint density at radius 1 is 1.19 bits per heavy atom. The summed E-state index contributed by atoms with van der Waals surface area (Å²) in [6.45, 7) is 6.63. The van der Waals surface area contributed by atoms with E-state index in [4.69, 9.17) is 31.2 Å². The first kappa shape index (κ1) is 24.7. The second-order valence-corrected chi connectivity index (χ2v) is 11.4. The Bertz CT molecular complexity index is 1350. The van der Waals surface area contributed by atoms with Crippen molar-refractivity contribution in [3.05, 3.63) is 69.9 Å². The molecule has 1 aromatic heterocycles. The van der Waals surface area contributed by atoms with Gasteiger partial charge in [-0.25, -0.2) is 4.68 Å². The van der Waals surface area contributed by atoms with Crippen LogP contribution in [0.3, 0.4) is 0 Å². The van der Waals surface area contributed by atoms with Crippen LogP contribution < -0.4 is 14.8 Å². The number of carbonyl (C=O) groups is 1. The number of allylic oxidation sites excluding steroid dienone is 2. The van der Waals surface area contributed by atoms with E-state index in [1.54, 1.807) is 18.9 Å². The fraction of sp³-hybridized carbons (Fsp3) is 0.370. The topological polar surface area (TPSA) is 78.3 Å². The summed E-state index contributed by atoms with van der Waals surface area (Å²) in [5.41, 5.74) is 3.32. The number of hydrogen-bond donors (Lipinski definition) is 1. The highest BCUT2D eigenvalue weighted by Gasteiger charge is 2.42. The molecule has 7 nitrogen and oxygen atoms in total. The summed E-state index contributed by atoms with van der Waals surface area (Å²) in [5.74, 6) is 2.81. The third-order valence-corrected chi connectivity index (χ3v) is 7.52. The van der Waals surface area contributed by atoms with Gasteiger partial charge in [0, 0.05) is 28.3 Å². The van der Waals surface area contributed by atoms with Crippen LogP contribution >= 0.6 is 23.4 Å². The highest BCUT2D eigenvalue weighted by molar-refractivity contribution is 7.99. The van der Waals surface area contributed by atoms with Crippen LogP contribution in [-0.4, -0.2) is 33.4 Å². The molecular weight excluding hydrogens is 496 g/mol. The zero-order valence-corrected chi connectivity index (χ0v) is 22.4. The summed E-state index contributed by atoms with van der Waals surface area (Å²) < 4.78 is 13.6. The number of fused-ring (bicyclic) bond motifs is 1. The lowest BCUT2D eigenvalue weighted by Crippen LogP contribution is -2.36. The molecule has 2 heterocycles. The largest absolute Gasteiger partial charge is 0.493 e. The molecule has 188 valence electrons. The fourth-order valence-electron chi connectivity index (χ4n) is 4.83. The molecule has 1 N–H and O–H groups in total. The number of hydrogen-bond acceptors (Lipinski definition) is 7. The predicted molar refractivity (Wildman–Crippen MR) is 142 cm³/mol. The number of Topliss-reactive ketones (excluding diaryl/α,β-unsaturated/α-hetero) is 1. The van der Waals surface area contributed by atoms with Crippen molar-refractivity contribution in [1.82, 2.24) is 14.8 Å². The van der Waals surface area contributed by atoms with Crippen molar-refractivity contribution < 1.29 is 14.3 Å². The van der Waals surface area contributed by atoms with Crippen LogP contribution in [0.4, 0.5) is 5.95 Å². The molecule has 5 rings (SSSR count). The van der Waals surface area contributed by atoms with Crippen molar-refractivity contribution in [2.75, 3.05) is 18.2 Å². The van der Waals surface area contributed by atoms with Crippen LogP contribution in [0, 0.1) is 5.41 Å². The van der Waals surface area contributed by atoms with E-state index < -0.39 is 6.04 Å². The number of thioether (sulfide) groups is 1. The van der Waals surface area contributed by atoms with E-state index in [2.05, 4.69) is 26.1 Å². The minimum absolute atomic E-state index is 0.120. The maximum Gasteiger partial charge on any atom is 0.227 e. The molecule has 0 spiro atoms. The molecular formula is C27H29ClN4O3S. The maximum absolute atomic E-state index is 13.4. The van der Waals surface area contributed by atoms with Gasteiger partial charge in [0.2, 0.25) is 11.1 Å². The van der Waals surface area contributed by atoms with E-state index in [0.717, 1.165) is 34.6 Å². The number of halogens is 1. The van der Waals surface area contributed by atoms with Crippen molar-refractivity contribution in [3.8, 4) is 11.5 Å². The van der Waals surface area contributed by atoms with E-state index in [-0.39, 0.29) is 11.2 Å². The van der Waals surface area contributed by atoms with Crippen LogP contribution in [0.2, 0.25) is 5.02 Å². The first-order valence-electron chi connectivity index (χ1n) is 12.0. The standard InChI is InChI=1S/C27H29ClN4O3S/c1-5-36-26-30-25-29-19-13-27(2,3)14-20(33)23(19)24(32(25)31-26)16-10-11-21(22(12-16)34-4)35-15-17-8-6-7-9-18(17)28/h6-12,24H,5,13-15H2,1-4H3,(H,29,30,31). The van der Waals surface area contributed by atoms with Gasteiger partial charge in [-0.2, -0.15) is 4.98 Å². The van der Waals surface area contributed by atoms with Gasteiger partial charge >= 0.3 is 0 Å². The molecule has 0 fully saturated rings. The Labute approximate surface area is 220 Å². The van der Waals surface area contributed by atoms with Gasteiger partial charge in [0.25, 0.3) is 0 Å². The van der Waals surface area contributed by atoms with Gasteiger partial charge in [-0.1, -0.05) is 68.4 Å². The number of aromatic nitrogens is 3. The van der Waals surface area contributed by atoms with Gasteiger partial charge < -0.3 is 14.8 Å². The quantitative estimate of drug-likeness (QED) is 0.364. The Hall–Kier alpha value is -2.97. The SMILES string of the molecule is CCSc1nc2n(n1)C(c1ccc(OCc3ccccc3Cl)c(OC)c1)C1=C(CC(C)(C)CC1=O)N2. The predicted octanol–water partition coefficient (Wildman–Crippen LogP) is 6.29. The summed E-state index contributed by atoms with van der Waals surface area (Å²) in [5, 5.41) is 9.51. The minimum Gasteiger partial charge on any atom is -0.493 e. The Balaban J connectivity index is 1.54. The maximum atomic E-state index is 13.4. The molecule has 3 aromatic rings. The molecule has 1 aliphatic carbocycles. The van der Waals surface area contributed by atoms with Gasteiger partial charge in [-0.15, -0.1) is 5.10 Å². The zero-order chi connectivity index (χ0) is 25.4. The Morgan fingerprint density at radius 3 is 2.75 bits per heavy atom.